The summed E-state index contributed by atoms with van der Waals surface area (Å²) in [5.41, 5.74) is 21.7. The summed E-state index contributed by atoms with van der Waals surface area (Å²) in [6, 6.07) is 45.3. The zero-order valence-corrected chi connectivity index (χ0v) is 41.1. The Morgan fingerprint density at radius 3 is 1.79 bits per heavy atom. The van der Waals surface area contributed by atoms with Crippen LogP contribution in [0.1, 0.15) is 136 Å². The molecule has 1 aliphatic carbocycles. The second-order valence-corrected chi connectivity index (χ2v) is 24.5. The lowest BCUT2D eigenvalue weighted by molar-refractivity contribution is 0.333. The van der Waals surface area contributed by atoms with Gasteiger partial charge in [0.1, 0.15) is 0 Å². The van der Waals surface area contributed by atoms with Crippen LogP contribution in [0.5, 0.6) is 0 Å². The maximum absolute atomic E-state index is 2.70. The summed E-state index contributed by atoms with van der Waals surface area (Å²) < 4.78 is 1.35. The van der Waals surface area contributed by atoms with E-state index in [0.29, 0.717) is 0 Å². The molecule has 3 heterocycles. The third kappa shape index (κ3) is 6.64. The minimum atomic E-state index is -0.0109. The molecule has 2 aliphatic heterocycles. The van der Waals surface area contributed by atoms with Crippen LogP contribution in [-0.2, 0) is 27.1 Å². The maximum atomic E-state index is 2.70. The van der Waals surface area contributed by atoms with Gasteiger partial charge in [0.05, 0.1) is 10.7 Å². The van der Waals surface area contributed by atoms with Crippen LogP contribution in [0.25, 0.3) is 21.2 Å². The lowest BCUT2D eigenvalue weighted by atomic mass is 9.33. The molecular formula is C59H65BN2S. The number of fused-ring (bicyclic) bond motifs is 8. The Balaban J connectivity index is 1.37. The van der Waals surface area contributed by atoms with Crippen LogP contribution < -0.4 is 26.2 Å². The molecule has 0 N–H and O–H groups in total. The summed E-state index contributed by atoms with van der Waals surface area (Å²) in [6.07, 6.45) is 2.33. The number of nitrogens with zero attached hydrogens (tertiary/aromatic N) is 2. The van der Waals surface area contributed by atoms with Gasteiger partial charge in [-0.3, -0.25) is 0 Å². The Bertz CT molecular complexity index is 2960. The lowest BCUT2D eigenvalue weighted by Crippen LogP contribution is -2.61. The minimum Gasteiger partial charge on any atom is -0.311 e. The molecular weight excluding hydrogens is 780 g/mol. The quantitative estimate of drug-likeness (QED) is 0.164. The molecule has 0 bridgehead atoms. The van der Waals surface area contributed by atoms with Gasteiger partial charge in [0.25, 0.3) is 6.71 Å². The fraction of sp³-hybridized carbons (Fsp3) is 0.356. The smallest absolute Gasteiger partial charge is 0.254 e. The van der Waals surface area contributed by atoms with E-state index in [-0.39, 0.29) is 33.8 Å². The fourth-order valence-corrected chi connectivity index (χ4v) is 12.3. The van der Waals surface area contributed by atoms with Crippen molar-refractivity contribution in [1.82, 2.24) is 0 Å². The van der Waals surface area contributed by atoms with Crippen molar-refractivity contribution in [3.8, 4) is 11.1 Å². The van der Waals surface area contributed by atoms with Gasteiger partial charge in [-0.2, -0.15) is 0 Å². The van der Waals surface area contributed by atoms with Gasteiger partial charge in [-0.25, -0.2) is 0 Å². The van der Waals surface area contributed by atoms with Gasteiger partial charge < -0.3 is 9.80 Å². The average molecular weight is 845 g/mol. The summed E-state index contributed by atoms with van der Waals surface area (Å²) >= 11 is 1.97. The molecule has 6 aromatic carbocycles. The predicted octanol–water partition coefficient (Wildman–Crippen LogP) is 15.2. The molecule has 0 saturated heterocycles. The molecule has 2 nitrogen and oxygen atoms in total. The highest BCUT2D eigenvalue weighted by Gasteiger charge is 2.49. The van der Waals surface area contributed by atoms with Crippen LogP contribution in [0, 0.1) is 6.92 Å². The molecule has 0 amide bonds. The van der Waals surface area contributed by atoms with Crippen molar-refractivity contribution < 1.29 is 0 Å². The SMILES string of the molecule is Cc1cc2c3c(c1)N(c1ccc(C(C)(C)C)cc1)c1c(ccc4c1C(C)(C)CCC4(C)C)B3c1c(sc3ccc(C(C)(C)C)cc13)N2c1ccc(C(C)(C)C)cc1-c1ccccc1. The number of rotatable bonds is 3. The van der Waals surface area contributed by atoms with Crippen molar-refractivity contribution in [3.63, 3.8) is 0 Å². The molecule has 0 saturated carbocycles. The Hall–Kier alpha value is -5.06. The lowest BCUT2D eigenvalue weighted by Gasteiger charge is -2.49. The summed E-state index contributed by atoms with van der Waals surface area (Å²) in [5.74, 6) is 0. The third-order valence-electron chi connectivity index (χ3n) is 14.8. The van der Waals surface area contributed by atoms with Gasteiger partial charge in [0.2, 0.25) is 0 Å². The van der Waals surface area contributed by atoms with Gasteiger partial charge in [-0.05, 0) is 150 Å². The molecule has 0 fully saturated rings. The van der Waals surface area contributed by atoms with Crippen LogP contribution in [0.4, 0.5) is 33.4 Å². The molecule has 0 radical (unpaired) electrons. The van der Waals surface area contributed by atoms with E-state index in [0.717, 1.165) is 6.42 Å². The Morgan fingerprint density at radius 1 is 0.556 bits per heavy atom. The Kier molecular flexibility index (Phi) is 9.30. The molecule has 63 heavy (non-hydrogen) atoms. The number of hydrogen-bond acceptors (Lipinski definition) is 3. The summed E-state index contributed by atoms with van der Waals surface area (Å²) in [7, 11) is 0. The maximum Gasteiger partial charge on any atom is 0.254 e. The zero-order valence-electron chi connectivity index (χ0n) is 40.3. The molecule has 3 aliphatic rings. The molecule has 0 atom stereocenters. The normalized spacial score (nSPS) is 16.4. The fourth-order valence-electron chi connectivity index (χ4n) is 11.0. The van der Waals surface area contributed by atoms with Crippen LogP contribution in [0.2, 0.25) is 0 Å². The molecule has 0 unspecified atom stereocenters. The summed E-state index contributed by atoms with van der Waals surface area (Å²) in [4.78, 5) is 5.37. The monoisotopic (exact) mass is 844 g/mol. The number of thiophene rings is 1. The van der Waals surface area contributed by atoms with E-state index in [4.69, 9.17) is 0 Å². The second kappa shape index (κ2) is 14.0. The summed E-state index contributed by atoms with van der Waals surface area (Å²) in [5, 5.41) is 2.71. The second-order valence-electron chi connectivity index (χ2n) is 23.4. The molecule has 4 heteroatoms. The highest BCUT2D eigenvalue weighted by Crippen LogP contribution is 2.55. The number of anilines is 6. The van der Waals surface area contributed by atoms with Gasteiger partial charge in [-0.1, -0.05) is 163 Å². The van der Waals surface area contributed by atoms with Crippen molar-refractivity contribution in [3.05, 3.63) is 149 Å². The third-order valence-corrected chi connectivity index (χ3v) is 16.0. The number of hydrogen-bond donors (Lipinski definition) is 0. The number of benzene rings is 6. The number of aryl methyl sites for hydroxylation is 1. The highest BCUT2D eigenvalue weighted by atomic mass is 32.1. The van der Waals surface area contributed by atoms with Crippen molar-refractivity contribution in [2.45, 2.75) is 137 Å². The van der Waals surface area contributed by atoms with Crippen LogP contribution in [0.3, 0.4) is 0 Å². The molecule has 10 rings (SSSR count). The first-order chi connectivity index (χ1) is 29.5. The van der Waals surface area contributed by atoms with Gasteiger partial charge in [0, 0.05) is 33.0 Å². The largest absolute Gasteiger partial charge is 0.311 e. The minimum absolute atomic E-state index is 0.00207. The summed E-state index contributed by atoms with van der Waals surface area (Å²) in [6.45, 7) is 33.3. The van der Waals surface area contributed by atoms with E-state index in [2.05, 4.69) is 222 Å². The van der Waals surface area contributed by atoms with Crippen LogP contribution >= 0.6 is 11.3 Å². The Labute approximate surface area is 382 Å². The average Bonchev–Trinajstić information content (AvgIpc) is 3.60. The van der Waals surface area contributed by atoms with Gasteiger partial charge in [-0.15, -0.1) is 11.3 Å². The van der Waals surface area contributed by atoms with E-state index >= 15 is 0 Å². The van der Waals surface area contributed by atoms with Gasteiger partial charge >= 0.3 is 0 Å². The van der Waals surface area contributed by atoms with E-state index in [1.54, 1.807) is 0 Å². The van der Waals surface area contributed by atoms with Crippen LogP contribution in [0.15, 0.2) is 115 Å². The van der Waals surface area contributed by atoms with E-state index in [1.165, 1.54) is 111 Å². The Morgan fingerprint density at radius 2 is 1.14 bits per heavy atom. The van der Waals surface area contributed by atoms with E-state index in [9.17, 15) is 0 Å². The highest BCUT2D eigenvalue weighted by molar-refractivity contribution is 7.26. The van der Waals surface area contributed by atoms with E-state index < -0.39 is 0 Å². The van der Waals surface area contributed by atoms with Crippen molar-refractivity contribution in [2.75, 3.05) is 9.80 Å². The standard InChI is InChI=1S/C59H65BN2S/c1-36-32-47-52-48(33-36)62(46-28-22-39(56(5,6)7)34-42(46)37-18-16-15-17-19-37)54-51(43-35-40(57(8,9)10)23-29-49(43)63-54)60(52)45-27-26-44-50(59(13,14)31-30-58(44,11)12)53(45)61(47)41-24-20-38(21-25-41)55(2,3)4/h15-29,32-35H,30-31H2,1-14H3. The molecule has 0 spiro atoms. The molecule has 320 valence electrons. The van der Waals surface area contributed by atoms with E-state index in [1.807, 2.05) is 11.3 Å². The predicted molar refractivity (Wildman–Crippen MR) is 277 cm³/mol. The van der Waals surface area contributed by atoms with Crippen LogP contribution in [-0.4, -0.2) is 6.71 Å². The van der Waals surface area contributed by atoms with Crippen molar-refractivity contribution >= 4 is 78.0 Å². The van der Waals surface area contributed by atoms with Gasteiger partial charge in [0.15, 0.2) is 0 Å². The van der Waals surface area contributed by atoms with Crippen molar-refractivity contribution in [1.29, 1.82) is 0 Å². The first kappa shape index (κ1) is 41.9. The topological polar surface area (TPSA) is 6.48 Å². The molecule has 7 aromatic rings. The zero-order chi connectivity index (χ0) is 44.8. The van der Waals surface area contributed by atoms with Crippen molar-refractivity contribution in [2.24, 2.45) is 0 Å². The first-order valence-electron chi connectivity index (χ1n) is 23.3. The molecule has 1 aromatic heterocycles. The first-order valence-corrected chi connectivity index (χ1v) is 24.2.